The van der Waals surface area contributed by atoms with E-state index in [0.29, 0.717) is 0 Å². The summed E-state index contributed by atoms with van der Waals surface area (Å²) in [6, 6.07) is 35.5. The van der Waals surface area contributed by atoms with Gasteiger partial charge in [0.2, 0.25) is 5.91 Å². The van der Waals surface area contributed by atoms with Crippen molar-refractivity contribution in [3.8, 4) is 0 Å². The standard InChI is InChI=1S/C41H46NO5P/c1-6-47-37(44)34(41(45,48-46)39(4,5)33-23-22-29-26-27-38(2,3)35(29)28-33)24-25-36(43)42-40(30-16-10-7-11-17-30,31-18-12-8-13-19-31)32-20-14-9-15-21-32/h7-23,28,34,45H,6,24-27H2,1-5H3,(H,42,43). The molecule has 0 heterocycles. The van der Waals surface area contributed by atoms with E-state index in [9.17, 15) is 19.3 Å². The van der Waals surface area contributed by atoms with E-state index < -0.39 is 36.6 Å². The molecule has 7 heteroatoms. The summed E-state index contributed by atoms with van der Waals surface area (Å²) in [6.07, 6.45) is 1.80. The van der Waals surface area contributed by atoms with Crippen LogP contribution in [0.2, 0.25) is 0 Å². The molecule has 2 N–H and O–H groups in total. The van der Waals surface area contributed by atoms with Crippen LogP contribution in [0.25, 0.3) is 0 Å². The van der Waals surface area contributed by atoms with Gasteiger partial charge in [-0.1, -0.05) is 137 Å². The number of aryl methyl sites for hydroxylation is 1. The molecule has 0 radical (unpaired) electrons. The SMILES string of the molecule is CCOC(=O)C(CCC(=O)NC(c1ccccc1)(c1ccccc1)c1ccccc1)C(O)(P=O)C(C)(C)c1ccc2c(c1)C(C)(C)CC2. The lowest BCUT2D eigenvalue weighted by molar-refractivity contribution is -0.157. The Kier molecular flexibility index (Phi) is 10.4. The molecule has 0 aromatic heterocycles. The largest absolute Gasteiger partial charge is 0.466 e. The Morgan fingerprint density at radius 2 is 1.38 bits per heavy atom. The monoisotopic (exact) mass is 663 g/mol. The zero-order valence-electron chi connectivity index (χ0n) is 28.5. The van der Waals surface area contributed by atoms with Gasteiger partial charge in [-0.05, 0) is 65.0 Å². The lowest BCUT2D eigenvalue weighted by atomic mass is 9.71. The van der Waals surface area contributed by atoms with Crippen LogP contribution in [0.15, 0.2) is 109 Å². The normalized spacial score (nSPS) is 16.0. The number of ether oxygens (including phenoxy) is 1. The minimum absolute atomic E-state index is 0.0316. The molecular weight excluding hydrogens is 617 g/mol. The molecule has 0 aliphatic heterocycles. The smallest absolute Gasteiger partial charge is 0.312 e. The van der Waals surface area contributed by atoms with Gasteiger partial charge in [-0.3, -0.25) is 14.2 Å². The Bertz CT molecular complexity index is 1640. The number of hydrogen-bond acceptors (Lipinski definition) is 5. The van der Waals surface area contributed by atoms with Crippen LogP contribution >= 0.6 is 8.46 Å². The Balaban J connectivity index is 1.51. The summed E-state index contributed by atoms with van der Waals surface area (Å²) in [5.74, 6) is -2.27. The Morgan fingerprint density at radius 1 is 0.854 bits per heavy atom. The number of fused-ring (bicyclic) bond motifs is 1. The molecule has 1 aliphatic carbocycles. The van der Waals surface area contributed by atoms with Crippen LogP contribution < -0.4 is 5.32 Å². The zero-order valence-corrected chi connectivity index (χ0v) is 29.4. The summed E-state index contributed by atoms with van der Waals surface area (Å²) in [6.45, 7) is 9.79. The van der Waals surface area contributed by atoms with Gasteiger partial charge in [0.25, 0.3) is 0 Å². The fraction of sp³-hybridized carbons (Fsp3) is 0.366. The van der Waals surface area contributed by atoms with Crippen LogP contribution in [0.4, 0.5) is 0 Å². The number of amides is 1. The molecule has 0 bridgehead atoms. The molecule has 2 unspecified atom stereocenters. The van der Waals surface area contributed by atoms with E-state index in [1.165, 1.54) is 11.1 Å². The fourth-order valence-corrected chi connectivity index (χ4v) is 7.99. The van der Waals surface area contributed by atoms with Crippen molar-refractivity contribution in [3.63, 3.8) is 0 Å². The number of carbonyl (C=O) groups excluding carboxylic acids is 2. The van der Waals surface area contributed by atoms with Crippen molar-refractivity contribution < 1.29 is 24.0 Å². The third-order valence-electron chi connectivity index (χ3n) is 10.3. The molecule has 0 saturated heterocycles. The van der Waals surface area contributed by atoms with Gasteiger partial charge in [0, 0.05) is 11.8 Å². The maximum absolute atomic E-state index is 14.2. The van der Waals surface area contributed by atoms with Crippen LogP contribution in [0.5, 0.6) is 0 Å². The number of rotatable bonds is 13. The average Bonchev–Trinajstić information content (AvgIpc) is 3.41. The highest BCUT2D eigenvalue weighted by molar-refractivity contribution is 7.26. The van der Waals surface area contributed by atoms with E-state index in [1.54, 1.807) is 20.8 Å². The van der Waals surface area contributed by atoms with Gasteiger partial charge in [0.1, 0.15) is 5.54 Å². The number of hydrogen-bond donors (Lipinski definition) is 2. The lowest BCUT2D eigenvalue weighted by Crippen LogP contribution is -2.53. The average molecular weight is 664 g/mol. The van der Waals surface area contributed by atoms with E-state index in [4.69, 9.17) is 4.74 Å². The zero-order chi connectivity index (χ0) is 34.6. The van der Waals surface area contributed by atoms with Gasteiger partial charge in [-0.2, -0.15) is 0 Å². The predicted molar refractivity (Wildman–Crippen MR) is 190 cm³/mol. The second-order valence-electron chi connectivity index (χ2n) is 13.9. The lowest BCUT2D eigenvalue weighted by Gasteiger charge is -2.43. The van der Waals surface area contributed by atoms with Crippen molar-refractivity contribution in [2.24, 2.45) is 5.92 Å². The summed E-state index contributed by atoms with van der Waals surface area (Å²) in [5, 5.41) is 13.6. The summed E-state index contributed by atoms with van der Waals surface area (Å²) in [4.78, 5) is 27.8. The molecule has 2 atom stereocenters. The minimum Gasteiger partial charge on any atom is -0.466 e. The third kappa shape index (κ3) is 6.49. The molecule has 250 valence electrons. The first-order chi connectivity index (χ1) is 22.9. The highest BCUT2D eigenvalue weighted by Crippen LogP contribution is 2.50. The summed E-state index contributed by atoms with van der Waals surface area (Å²) in [7, 11) is -0.625. The minimum atomic E-state index is -2.06. The fourth-order valence-electron chi connectivity index (χ4n) is 7.28. The molecule has 0 fully saturated rings. The van der Waals surface area contributed by atoms with Gasteiger partial charge >= 0.3 is 5.97 Å². The number of benzene rings is 4. The second-order valence-corrected chi connectivity index (χ2v) is 14.8. The van der Waals surface area contributed by atoms with Crippen LogP contribution in [0, 0.1) is 5.92 Å². The molecule has 4 aromatic rings. The first-order valence-electron chi connectivity index (χ1n) is 16.8. The van der Waals surface area contributed by atoms with Gasteiger partial charge in [-0.15, -0.1) is 0 Å². The highest BCUT2D eigenvalue weighted by Gasteiger charge is 2.55. The molecule has 1 amide bonds. The van der Waals surface area contributed by atoms with E-state index in [0.717, 1.165) is 35.1 Å². The quantitative estimate of drug-likeness (QED) is 0.0854. The summed E-state index contributed by atoms with van der Waals surface area (Å²) >= 11 is 0. The van der Waals surface area contributed by atoms with E-state index in [1.807, 2.05) is 97.1 Å². The van der Waals surface area contributed by atoms with Gasteiger partial charge in [0.05, 0.1) is 12.5 Å². The maximum atomic E-state index is 14.2. The van der Waals surface area contributed by atoms with E-state index in [-0.39, 0.29) is 30.8 Å². The number of esters is 1. The Morgan fingerprint density at radius 3 is 1.85 bits per heavy atom. The number of carbonyl (C=O) groups is 2. The van der Waals surface area contributed by atoms with Crippen LogP contribution in [0.3, 0.4) is 0 Å². The van der Waals surface area contributed by atoms with Gasteiger partial charge in [-0.25, -0.2) is 0 Å². The molecule has 0 spiro atoms. The van der Waals surface area contributed by atoms with Gasteiger partial charge in [0.15, 0.2) is 13.8 Å². The molecule has 0 saturated carbocycles. The topological polar surface area (TPSA) is 92.7 Å². The predicted octanol–water partition coefficient (Wildman–Crippen LogP) is 8.24. The third-order valence-corrected chi connectivity index (χ3v) is 11.5. The second kappa shape index (κ2) is 14.2. The van der Waals surface area contributed by atoms with Crippen LogP contribution in [0.1, 0.15) is 87.3 Å². The van der Waals surface area contributed by atoms with E-state index >= 15 is 0 Å². The molecule has 5 rings (SSSR count). The van der Waals surface area contributed by atoms with Crippen molar-refractivity contribution in [2.45, 2.75) is 82.0 Å². The molecule has 48 heavy (non-hydrogen) atoms. The number of nitrogens with one attached hydrogen (secondary N) is 1. The first-order valence-corrected chi connectivity index (χ1v) is 17.6. The van der Waals surface area contributed by atoms with Crippen molar-refractivity contribution in [2.75, 3.05) is 6.61 Å². The first kappa shape index (κ1) is 35.2. The Labute approximate surface area is 286 Å². The van der Waals surface area contributed by atoms with Crippen molar-refractivity contribution >= 4 is 20.3 Å². The maximum Gasteiger partial charge on any atom is 0.312 e. The van der Waals surface area contributed by atoms with Crippen molar-refractivity contribution in [1.82, 2.24) is 5.32 Å². The van der Waals surface area contributed by atoms with E-state index in [2.05, 4.69) is 31.3 Å². The van der Waals surface area contributed by atoms with Crippen LogP contribution in [-0.2, 0) is 41.7 Å². The molecular formula is C41H46NO5P. The van der Waals surface area contributed by atoms with Crippen molar-refractivity contribution in [3.05, 3.63) is 143 Å². The Hall–Kier alpha value is -4.12. The number of aliphatic hydroxyl groups is 1. The van der Waals surface area contributed by atoms with Crippen molar-refractivity contribution in [1.29, 1.82) is 0 Å². The summed E-state index contributed by atoms with van der Waals surface area (Å²) in [5.41, 5.74) is 3.63. The highest BCUT2D eigenvalue weighted by atomic mass is 31.1. The molecule has 1 aliphatic rings. The summed E-state index contributed by atoms with van der Waals surface area (Å²) < 4.78 is 18.6. The molecule has 4 aromatic carbocycles. The van der Waals surface area contributed by atoms with Gasteiger partial charge < -0.3 is 15.2 Å². The van der Waals surface area contributed by atoms with Crippen LogP contribution in [-0.4, -0.2) is 28.9 Å². The molecule has 6 nitrogen and oxygen atoms in total.